The van der Waals surface area contributed by atoms with E-state index in [4.69, 9.17) is 0 Å². The predicted octanol–water partition coefficient (Wildman–Crippen LogP) is 5.54. The van der Waals surface area contributed by atoms with Crippen molar-refractivity contribution >= 4 is 55.9 Å². The molecule has 4 heterocycles. The van der Waals surface area contributed by atoms with E-state index in [2.05, 4.69) is 124 Å². The van der Waals surface area contributed by atoms with Crippen molar-refractivity contribution in [1.82, 2.24) is 9.13 Å². The highest BCUT2D eigenvalue weighted by atomic mass is 15.0. The zero-order valence-corrected chi connectivity index (χ0v) is 18.9. The van der Waals surface area contributed by atoms with Crippen LogP contribution in [0.5, 0.6) is 0 Å². The summed E-state index contributed by atoms with van der Waals surface area (Å²) in [5, 5.41) is 4.00. The second-order valence-electron chi connectivity index (χ2n) is 9.72. The van der Waals surface area contributed by atoms with Crippen LogP contribution in [0, 0.1) is 0 Å². The average Bonchev–Trinajstić information content (AvgIpc) is 3.55. The van der Waals surface area contributed by atoms with Gasteiger partial charge in [0.25, 0.3) is 6.71 Å². The first-order chi connectivity index (χ1) is 17.4. The summed E-state index contributed by atoms with van der Waals surface area (Å²) in [4.78, 5) is 0. The number of hydrogen-bond donors (Lipinski definition) is 0. The molecule has 9 rings (SSSR count). The largest absolute Gasteiger partial charge is 0.321 e. The second kappa shape index (κ2) is 6.14. The molecule has 0 atom stereocenters. The normalized spacial score (nSPS) is 13.1. The quantitative estimate of drug-likeness (QED) is 0.296. The van der Waals surface area contributed by atoms with Crippen LogP contribution < -0.4 is 16.5 Å². The lowest BCUT2D eigenvalue weighted by Crippen LogP contribution is -2.55. The molecule has 2 aliphatic heterocycles. The van der Waals surface area contributed by atoms with Crippen molar-refractivity contribution in [2.24, 2.45) is 0 Å². The minimum atomic E-state index is 0.198. The van der Waals surface area contributed by atoms with E-state index in [1.165, 1.54) is 71.7 Å². The van der Waals surface area contributed by atoms with E-state index in [9.17, 15) is 0 Å². The third-order valence-corrected chi connectivity index (χ3v) is 8.12. The van der Waals surface area contributed by atoms with E-state index >= 15 is 0 Å². The van der Waals surface area contributed by atoms with Crippen molar-refractivity contribution < 1.29 is 0 Å². The SMILES string of the molecule is c1ccc(-n2c3c(c4ccccc42)-c2ccc4c5ccccc5n5c4c2B3c2ccccc2-5)cc1. The predicted molar refractivity (Wildman–Crippen MR) is 148 cm³/mol. The zero-order chi connectivity index (χ0) is 22.7. The van der Waals surface area contributed by atoms with Crippen LogP contribution in [0.25, 0.3) is 55.2 Å². The Morgan fingerprint density at radius 1 is 0.514 bits per heavy atom. The lowest BCUT2D eigenvalue weighted by molar-refractivity contribution is 1.16. The fourth-order valence-electron chi connectivity index (χ4n) is 6.89. The maximum absolute atomic E-state index is 2.51. The molecular weight excluding hydrogens is 423 g/mol. The highest BCUT2D eigenvalue weighted by molar-refractivity contribution is 7.01. The third kappa shape index (κ3) is 2.01. The molecule has 2 aromatic heterocycles. The first-order valence-electron chi connectivity index (χ1n) is 12.3. The van der Waals surface area contributed by atoms with Crippen LogP contribution in [0.3, 0.4) is 0 Å². The van der Waals surface area contributed by atoms with Gasteiger partial charge in [-0.25, -0.2) is 0 Å². The Balaban J connectivity index is 1.55. The monoisotopic (exact) mass is 442 g/mol. The van der Waals surface area contributed by atoms with Crippen LogP contribution >= 0.6 is 0 Å². The number of nitrogens with zero attached hydrogens (tertiary/aromatic N) is 2. The Morgan fingerprint density at radius 2 is 1.20 bits per heavy atom. The summed E-state index contributed by atoms with van der Waals surface area (Å²) in [7, 11) is 0. The smallest absolute Gasteiger partial charge is 0.269 e. The molecule has 0 spiro atoms. The Labute approximate surface area is 202 Å². The average molecular weight is 442 g/mol. The molecule has 5 aromatic carbocycles. The van der Waals surface area contributed by atoms with E-state index in [0.717, 1.165) is 0 Å². The summed E-state index contributed by atoms with van der Waals surface area (Å²) in [5.74, 6) is 0. The number of para-hydroxylation sites is 4. The number of rotatable bonds is 1. The number of benzene rings is 5. The van der Waals surface area contributed by atoms with Gasteiger partial charge in [-0.15, -0.1) is 0 Å². The van der Waals surface area contributed by atoms with E-state index in [0.29, 0.717) is 0 Å². The lowest BCUT2D eigenvalue weighted by Gasteiger charge is -2.25. The van der Waals surface area contributed by atoms with Gasteiger partial charge in [0.15, 0.2) is 0 Å². The van der Waals surface area contributed by atoms with Crippen LogP contribution in [0.1, 0.15) is 0 Å². The van der Waals surface area contributed by atoms with Crippen molar-refractivity contribution in [3.05, 3.63) is 115 Å². The molecule has 0 saturated heterocycles. The van der Waals surface area contributed by atoms with E-state index in [-0.39, 0.29) is 6.71 Å². The van der Waals surface area contributed by atoms with E-state index in [1.807, 2.05) is 0 Å². The number of hydrogen-bond acceptors (Lipinski definition) is 0. The van der Waals surface area contributed by atoms with E-state index in [1.54, 1.807) is 0 Å². The summed E-state index contributed by atoms with van der Waals surface area (Å²) in [5.41, 5.74) is 13.4. The van der Waals surface area contributed by atoms with Crippen molar-refractivity contribution in [2.45, 2.75) is 0 Å². The summed E-state index contributed by atoms with van der Waals surface area (Å²) < 4.78 is 5.02. The van der Waals surface area contributed by atoms with Gasteiger partial charge in [0.05, 0.1) is 16.6 Å². The van der Waals surface area contributed by atoms with Crippen LogP contribution in [0.15, 0.2) is 115 Å². The fourth-order valence-corrected chi connectivity index (χ4v) is 6.89. The molecule has 0 fully saturated rings. The maximum Gasteiger partial charge on any atom is 0.269 e. The van der Waals surface area contributed by atoms with Gasteiger partial charge in [0.2, 0.25) is 0 Å². The van der Waals surface area contributed by atoms with Gasteiger partial charge in [-0.3, -0.25) is 0 Å². The van der Waals surface area contributed by atoms with Crippen LogP contribution in [-0.2, 0) is 0 Å². The molecule has 2 nitrogen and oxygen atoms in total. The molecule has 0 aliphatic carbocycles. The fraction of sp³-hybridized carbons (Fsp3) is 0. The van der Waals surface area contributed by atoms with Gasteiger partial charge in [0, 0.05) is 38.7 Å². The van der Waals surface area contributed by atoms with Gasteiger partial charge in [-0.1, -0.05) is 84.9 Å². The molecule has 160 valence electrons. The summed E-state index contributed by atoms with van der Waals surface area (Å²) >= 11 is 0. The molecule has 0 N–H and O–H groups in total. The molecule has 3 heteroatoms. The number of fused-ring (bicyclic) bond motifs is 11. The molecule has 2 aliphatic rings. The molecule has 0 bridgehead atoms. The zero-order valence-electron chi connectivity index (χ0n) is 18.9. The first-order valence-corrected chi connectivity index (χ1v) is 12.3. The highest BCUT2D eigenvalue weighted by Gasteiger charge is 2.44. The van der Waals surface area contributed by atoms with Crippen molar-refractivity contribution in [3.8, 4) is 22.5 Å². The molecular formula is C32H19BN2. The van der Waals surface area contributed by atoms with Crippen molar-refractivity contribution in [1.29, 1.82) is 0 Å². The molecule has 0 radical (unpaired) electrons. The molecule has 0 unspecified atom stereocenters. The molecule has 0 amide bonds. The van der Waals surface area contributed by atoms with Crippen molar-refractivity contribution in [2.75, 3.05) is 0 Å². The summed E-state index contributed by atoms with van der Waals surface area (Å²) in [6, 6.07) is 42.3. The van der Waals surface area contributed by atoms with Crippen LogP contribution in [-0.4, -0.2) is 15.8 Å². The minimum Gasteiger partial charge on any atom is -0.321 e. The first kappa shape index (κ1) is 17.9. The molecule has 7 aromatic rings. The van der Waals surface area contributed by atoms with Gasteiger partial charge >= 0.3 is 0 Å². The van der Waals surface area contributed by atoms with Crippen LogP contribution in [0.4, 0.5) is 0 Å². The minimum absolute atomic E-state index is 0.198. The topological polar surface area (TPSA) is 9.86 Å². The van der Waals surface area contributed by atoms with E-state index < -0.39 is 0 Å². The maximum atomic E-state index is 2.51. The van der Waals surface area contributed by atoms with Gasteiger partial charge in [-0.05, 0) is 46.8 Å². The Bertz CT molecular complexity index is 2010. The standard InChI is InChI=1S/C32H19BN2/c1-2-10-20(11-3-1)34-27-16-8-5-13-23(27)29-24-19-18-22-21-12-4-7-15-26(21)35-28-17-9-6-14-25(28)33(32(29)34)30(24)31(22)35/h1-19H. The third-order valence-electron chi connectivity index (χ3n) is 8.12. The molecule has 35 heavy (non-hydrogen) atoms. The number of aromatic nitrogens is 2. The van der Waals surface area contributed by atoms with Gasteiger partial charge in [-0.2, -0.15) is 0 Å². The van der Waals surface area contributed by atoms with Crippen molar-refractivity contribution in [3.63, 3.8) is 0 Å². The lowest BCUT2D eigenvalue weighted by atomic mass is 9.39. The van der Waals surface area contributed by atoms with Gasteiger partial charge < -0.3 is 9.13 Å². The highest BCUT2D eigenvalue weighted by Crippen LogP contribution is 2.41. The van der Waals surface area contributed by atoms with Gasteiger partial charge in [0.1, 0.15) is 0 Å². The van der Waals surface area contributed by atoms with Crippen LogP contribution in [0.2, 0.25) is 0 Å². The Hall–Kier alpha value is -4.50. The Morgan fingerprint density at radius 3 is 2.06 bits per heavy atom. The second-order valence-corrected chi connectivity index (χ2v) is 9.72. The molecule has 0 saturated carbocycles. The summed E-state index contributed by atoms with van der Waals surface area (Å²) in [6.07, 6.45) is 0. The Kier molecular flexibility index (Phi) is 3.14. The summed E-state index contributed by atoms with van der Waals surface area (Å²) in [6.45, 7) is 0.198.